The van der Waals surface area contributed by atoms with E-state index in [9.17, 15) is 0 Å². The topological polar surface area (TPSA) is 55.4 Å². The van der Waals surface area contributed by atoms with Crippen LogP contribution in [0, 0.1) is 0 Å². The van der Waals surface area contributed by atoms with Gasteiger partial charge in [-0.3, -0.25) is 0 Å². The SMILES string of the molecule is CCCCOc1ccccc1[O][Sb]([O]c1ccccc1OCCCC)[O]c1ccccc1OCCCC. The van der Waals surface area contributed by atoms with Gasteiger partial charge in [0.05, 0.1) is 0 Å². The molecular weight excluding hydrogens is 578 g/mol. The molecule has 0 aliphatic rings. The van der Waals surface area contributed by atoms with Crippen LogP contribution in [0.1, 0.15) is 59.3 Å². The van der Waals surface area contributed by atoms with Gasteiger partial charge < -0.3 is 0 Å². The average molecular weight is 617 g/mol. The second-order valence-corrected chi connectivity index (χ2v) is 11.3. The Morgan fingerprint density at radius 3 is 0.973 bits per heavy atom. The number of rotatable bonds is 18. The van der Waals surface area contributed by atoms with E-state index in [4.69, 9.17) is 23.3 Å². The second kappa shape index (κ2) is 16.9. The van der Waals surface area contributed by atoms with Crippen LogP contribution < -0.4 is 23.3 Å². The third kappa shape index (κ3) is 9.92. The molecule has 0 bridgehead atoms. The van der Waals surface area contributed by atoms with Gasteiger partial charge in [-0.15, -0.1) is 0 Å². The molecule has 3 aromatic carbocycles. The van der Waals surface area contributed by atoms with E-state index in [0.29, 0.717) is 54.3 Å². The molecule has 0 heterocycles. The fourth-order valence-electron chi connectivity index (χ4n) is 3.21. The maximum absolute atomic E-state index is 6.45. The molecular formula is C30H39O6Sb. The van der Waals surface area contributed by atoms with Gasteiger partial charge in [-0.25, -0.2) is 0 Å². The van der Waals surface area contributed by atoms with E-state index in [2.05, 4.69) is 20.8 Å². The molecule has 3 aromatic rings. The van der Waals surface area contributed by atoms with Crippen LogP contribution >= 0.6 is 0 Å². The quantitative estimate of drug-likeness (QED) is 0.108. The summed E-state index contributed by atoms with van der Waals surface area (Å²) in [5.74, 6) is 3.86. The number of hydrogen-bond acceptors (Lipinski definition) is 6. The first-order valence-electron chi connectivity index (χ1n) is 13.2. The normalized spacial score (nSPS) is 10.7. The molecule has 0 N–H and O–H groups in total. The molecule has 3 rings (SSSR count). The maximum atomic E-state index is 6.45. The van der Waals surface area contributed by atoms with E-state index in [1.54, 1.807) is 0 Å². The predicted molar refractivity (Wildman–Crippen MR) is 148 cm³/mol. The van der Waals surface area contributed by atoms with Gasteiger partial charge in [0.1, 0.15) is 0 Å². The zero-order valence-electron chi connectivity index (χ0n) is 22.2. The first kappa shape index (κ1) is 28.8. The Morgan fingerprint density at radius 1 is 0.432 bits per heavy atom. The van der Waals surface area contributed by atoms with Crippen molar-refractivity contribution >= 4 is 21.5 Å². The van der Waals surface area contributed by atoms with Crippen LogP contribution in [0.2, 0.25) is 0 Å². The van der Waals surface area contributed by atoms with Gasteiger partial charge in [0.2, 0.25) is 0 Å². The van der Waals surface area contributed by atoms with Gasteiger partial charge >= 0.3 is 231 Å². The number of benzene rings is 3. The Morgan fingerprint density at radius 2 is 0.703 bits per heavy atom. The summed E-state index contributed by atoms with van der Waals surface area (Å²) in [5.41, 5.74) is 0. The summed E-state index contributed by atoms with van der Waals surface area (Å²) in [4.78, 5) is 0. The summed E-state index contributed by atoms with van der Waals surface area (Å²) >= 11 is -3.42. The number of ether oxygens (including phenoxy) is 3. The van der Waals surface area contributed by atoms with E-state index in [-0.39, 0.29) is 0 Å². The molecule has 0 atom stereocenters. The van der Waals surface area contributed by atoms with Crippen LogP contribution in [0.25, 0.3) is 0 Å². The van der Waals surface area contributed by atoms with Crippen LogP contribution in [0.5, 0.6) is 34.5 Å². The zero-order chi connectivity index (χ0) is 26.1. The summed E-state index contributed by atoms with van der Waals surface area (Å²) in [6, 6.07) is 23.0. The predicted octanol–water partition coefficient (Wildman–Crippen LogP) is 7.75. The van der Waals surface area contributed by atoms with Crippen molar-refractivity contribution < 1.29 is 23.3 Å². The fraction of sp³-hybridized carbons (Fsp3) is 0.400. The molecule has 0 saturated heterocycles. The molecule has 0 unspecified atom stereocenters. The van der Waals surface area contributed by atoms with Crippen LogP contribution in [0.3, 0.4) is 0 Å². The molecule has 200 valence electrons. The average Bonchev–Trinajstić information content (AvgIpc) is 2.92. The van der Waals surface area contributed by atoms with Crippen molar-refractivity contribution in [1.82, 2.24) is 0 Å². The molecule has 0 amide bonds. The van der Waals surface area contributed by atoms with E-state index >= 15 is 0 Å². The van der Waals surface area contributed by atoms with Crippen molar-refractivity contribution in [3.05, 3.63) is 72.8 Å². The molecule has 0 saturated carbocycles. The Kier molecular flexibility index (Phi) is 13.2. The third-order valence-electron chi connectivity index (χ3n) is 5.33. The number of unbranched alkanes of at least 4 members (excludes halogenated alkanes) is 3. The first-order valence-corrected chi connectivity index (χ1v) is 16.4. The Balaban J connectivity index is 1.86. The standard InChI is InChI=1S/3C10H14O2.Sb/c3*1-2-3-8-12-10-7-5-4-6-9(10)11;/h3*4-7,11H,2-3,8H2,1H3;/q;;;+3/p-3. The molecule has 6 nitrogen and oxygen atoms in total. The minimum absolute atomic E-state index is 0.607. The number of hydrogen-bond donors (Lipinski definition) is 0. The Hall–Kier alpha value is -2.72. The monoisotopic (exact) mass is 616 g/mol. The van der Waals surface area contributed by atoms with Crippen LogP contribution in [-0.4, -0.2) is 41.3 Å². The van der Waals surface area contributed by atoms with E-state index in [1.807, 2.05) is 72.8 Å². The summed E-state index contributed by atoms with van der Waals surface area (Å²) in [6.45, 7) is 8.28. The minimum atomic E-state index is -3.42. The third-order valence-corrected chi connectivity index (χ3v) is 8.29. The molecule has 0 fully saturated rings. The molecule has 0 radical (unpaired) electrons. The van der Waals surface area contributed by atoms with E-state index in [0.717, 1.165) is 38.5 Å². The van der Waals surface area contributed by atoms with Gasteiger partial charge in [0.15, 0.2) is 0 Å². The summed E-state index contributed by atoms with van der Waals surface area (Å²) < 4.78 is 37.3. The van der Waals surface area contributed by atoms with Crippen LogP contribution in [0.15, 0.2) is 72.8 Å². The van der Waals surface area contributed by atoms with Gasteiger partial charge in [-0.05, 0) is 0 Å². The molecule has 0 aliphatic heterocycles. The molecule has 7 heteroatoms. The van der Waals surface area contributed by atoms with E-state index in [1.165, 1.54) is 0 Å². The summed E-state index contributed by atoms with van der Waals surface area (Å²) in [5, 5.41) is 0. The van der Waals surface area contributed by atoms with Crippen molar-refractivity contribution in [2.24, 2.45) is 0 Å². The van der Waals surface area contributed by atoms with Crippen molar-refractivity contribution in [2.45, 2.75) is 59.3 Å². The summed E-state index contributed by atoms with van der Waals surface area (Å²) in [6.07, 6.45) is 6.07. The van der Waals surface area contributed by atoms with Crippen molar-refractivity contribution in [2.75, 3.05) is 19.8 Å². The van der Waals surface area contributed by atoms with Gasteiger partial charge in [0, 0.05) is 0 Å². The second-order valence-electron chi connectivity index (χ2n) is 8.44. The fourth-order valence-corrected chi connectivity index (χ4v) is 6.20. The summed E-state index contributed by atoms with van der Waals surface area (Å²) in [7, 11) is 0. The molecule has 0 aromatic heterocycles. The Bertz CT molecular complexity index is 912. The van der Waals surface area contributed by atoms with Gasteiger partial charge in [-0.2, -0.15) is 0 Å². The first-order chi connectivity index (χ1) is 18.2. The van der Waals surface area contributed by atoms with Crippen molar-refractivity contribution in [1.29, 1.82) is 0 Å². The molecule has 0 aliphatic carbocycles. The van der Waals surface area contributed by atoms with Crippen LogP contribution in [-0.2, 0) is 0 Å². The van der Waals surface area contributed by atoms with Crippen molar-refractivity contribution in [3.8, 4) is 34.5 Å². The van der Waals surface area contributed by atoms with E-state index < -0.39 is 21.5 Å². The molecule has 37 heavy (non-hydrogen) atoms. The number of para-hydroxylation sites is 6. The van der Waals surface area contributed by atoms with Crippen molar-refractivity contribution in [3.63, 3.8) is 0 Å². The van der Waals surface area contributed by atoms with Gasteiger partial charge in [0.25, 0.3) is 0 Å². The Labute approximate surface area is 230 Å². The molecule has 0 spiro atoms. The zero-order valence-corrected chi connectivity index (χ0v) is 24.7. The van der Waals surface area contributed by atoms with Crippen LogP contribution in [0.4, 0.5) is 0 Å². The van der Waals surface area contributed by atoms with Gasteiger partial charge in [-0.1, -0.05) is 0 Å².